The van der Waals surface area contributed by atoms with Gasteiger partial charge in [-0.1, -0.05) is 30.3 Å². The van der Waals surface area contributed by atoms with Crippen LogP contribution < -0.4 is 14.8 Å². The average Bonchev–Trinajstić information content (AvgIpc) is 2.72. The van der Waals surface area contributed by atoms with Gasteiger partial charge in [-0.05, 0) is 41.8 Å². The lowest BCUT2D eigenvalue weighted by atomic mass is 10.00. The standard InChI is InChI=1S/C21H21FN2O3/c22-17-7-5-15(6-8-17)16-9-11-24(12-10-16)21(25)23-13-18-14-26-19-3-1-2-4-20(19)27-18/h1-9,18H,10-14H2,(H,23,25). The third kappa shape index (κ3) is 4.05. The summed E-state index contributed by atoms with van der Waals surface area (Å²) in [5.41, 5.74) is 2.14. The molecule has 1 atom stereocenters. The number of nitrogens with zero attached hydrogens (tertiary/aromatic N) is 1. The highest BCUT2D eigenvalue weighted by Crippen LogP contribution is 2.30. The zero-order chi connectivity index (χ0) is 18.6. The molecule has 0 fully saturated rings. The van der Waals surface area contributed by atoms with Gasteiger partial charge in [-0.2, -0.15) is 0 Å². The second-order valence-electron chi connectivity index (χ2n) is 6.62. The predicted octanol–water partition coefficient (Wildman–Crippen LogP) is 3.46. The van der Waals surface area contributed by atoms with E-state index in [0.717, 1.165) is 23.3 Å². The number of benzene rings is 2. The summed E-state index contributed by atoms with van der Waals surface area (Å²) in [6, 6.07) is 13.9. The highest BCUT2D eigenvalue weighted by molar-refractivity contribution is 5.76. The third-order valence-electron chi connectivity index (χ3n) is 4.76. The predicted molar refractivity (Wildman–Crippen MR) is 100 cm³/mol. The van der Waals surface area contributed by atoms with Crippen LogP contribution in [0.2, 0.25) is 0 Å². The van der Waals surface area contributed by atoms with Crippen molar-refractivity contribution in [1.82, 2.24) is 10.2 Å². The van der Waals surface area contributed by atoms with Gasteiger partial charge in [0.15, 0.2) is 17.6 Å². The number of halogens is 1. The van der Waals surface area contributed by atoms with Crippen LogP contribution >= 0.6 is 0 Å². The first kappa shape index (κ1) is 17.4. The van der Waals surface area contributed by atoms with Crippen LogP contribution in [0.25, 0.3) is 5.57 Å². The summed E-state index contributed by atoms with van der Waals surface area (Å²) in [4.78, 5) is 14.2. The molecule has 0 saturated heterocycles. The summed E-state index contributed by atoms with van der Waals surface area (Å²) in [5, 5.41) is 2.92. The first-order valence-electron chi connectivity index (χ1n) is 9.05. The molecule has 2 aliphatic heterocycles. The molecule has 0 bridgehead atoms. The van der Waals surface area contributed by atoms with Gasteiger partial charge in [0.25, 0.3) is 0 Å². The number of fused-ring (bicyclic) bond motifs is 1. The molecule has 2 heterocycles. The molecule has 1 unspecified atom stereocenters. The molecule has 0 aromatic heterocycles. The number of nitrogens with one attached hydrogen (secondary N) is 1. The Bertz CT molecular complexity index is 851. The third-order valence-corrected chi connectivity index (χ3v) is 4.76. The molecule has 2 aromatic carbocycles. The maximum Gasteiger partial charge on any atom is 0.317 e. The monoisotopic (exact) mass is 368 g/mol. The summed E-state index contributed by atoms with van der Waals surface area (Å²) < 4.78 is 24.6. The smallest absolute Gasteiger partial charge is 0.317 e. The summed E-state index contributed by atoms with van der Waals surface area (Å²) in [6.45, 7) is 1.95. The van der Waals surface area contributed by atoms with Gasteiger partial charge < -0.3 is 19.7 Å². The van der Waals surface area contributed by atoms with Crippen LogP contribution in [0.1, 0.15) is 12.0 Å². The molecule has 2 aromatic rings. The largest absolute Gasteiger partial charge is 0.486 e. The van der Waals surface area contributed by atoms with E-state index in [4.69, 9.17) is 9.47 Å². The summed E-state index contributed by atoms with van der Waals surface area (Å²) in [7, 11) is 0. The van der Waals surface area contributed by atoms with Crippen LogP contribution in [0.3, 0.4) is 0 Å². The molecule has 2 aliphatic rings. The number of rotatable bonds is 3. The highest BCUT2D eigenvalue weighted by atomic mass is 19.1. The number of carbonyl (C=O) groups excluding carboxylic acids is 1. The quantitative estimate of drug-likeness (QED) is 0.903. The van der Waals surface area contributed by atoms with E-state index in [-0.39, 0.29) is 18.0 Å². The summed E-state index contributed by atoms with van der Waals surface area (Å²) in [5.74, 6) is 1.19. The van der Waals surface area contributed by atoms with Gasteiger partial charge >= 0.3 is 6.03 Å². The SMILES string of the molecule is O=C(NCC1COc2ccccc2O1)N1CC=C(c2ccc(F)cc2)CC1. The molecule has 2 amide bonds. The van der Waals surface area contributed by atoms with Gasteiger partial charge in [0.1, 0.15) is 12.4 Å². The molecule has 0 radical (unpaired) electrons. The van der Waals surface area contributed by atoms with Crippen molar-refractivity contribution in [1.29, 1.82) is 0 Å². The number of urea groups is 1. The second-order valence-corrected chi connectivity index (χ2v) is 6.62. The highest BCUT2D eigenvalue weighted by Gasteiger charge is 2.23. The van der Waals surface area contributed by atoms with E-state index in [1.165, 1.54) is 12.1 Å². The Morgan fingerprint density at radius 2 is 1.93 bits per heavy atom. The normalized spacial score (nSPS) is 18.6. The van der Waals surface area contributed by atoms with E-state index in [1.807, 2.05) is 30.3 Å². The number of ether oxygens (including phenoxy) is 2. The van der Waals surface area contributed by atoms with Crippen molar-refractivity contribution in [2.75, 3.05) is 26.2 Å². The van der Waals surface area contributed by atoms with Gasteiger partial charge in [-0.3, -0.25) is 0 Å². The van der Waals surface area contributed by atoms with E-state index in [9.17, 15) is 9.18 Å². The second kappa shape index (κ2) is 7.70. The van der Waals surface area contributed by atoms with Crippen LogP contribution in [0.5, 0.6) is 11.5 Å². The van der Waals surface area contributed by atoms with E-state index >= 15 is 0 Å². The van der Waals surface area contributed by atoms with Crippen molar-refractivity contribution >= 4 is 11.6 Å². The maximum absolute atomic E-state index is 13.0. The molecule has 1 N–H and O–H groups in total. The zero-order valence-corrected chi connectivity index (χ0v) is 14.9. The van der Waals surface area contributed by atoms with Crippen molar-refractivity contribution in [2.45, 2.75) is 12.5 Å². The number of hydrogen-bond acceptors (Lipinski definition) is 3. The van der Waals surface area contributed by atoms with Gasteiger partial charge in [0, 0.05) is 13.1 Å². The Labute approximate surface area is 157 Å². The van der Waals surface area contributed by atoms with Crippen molar-refractivity contribution in [3.8, 4) is 11.5 Å². The van der Waals surface area contributed by atoms with Gasteiger partial charge in [-0.15, -0.1) is 0 Å². The van der Waals surface area contributed by atoms with Crippen LogP contribution in [-0.4, -0.2) is 43.3 Å². The van der Waals surface area contributed by atoms with E-state index in [2.05, 4.69) is 5.32 Å². The molecule has 6 heteroatoms. The molecule has 5 nitrogen and oxygen atoms in total. The molecular formula is C21H21FN2O3. The van der Waals surface area contributed by atoms with Crippen LogP contribution in [-0.2, 0) is 0 Å². The molecule has 27 heavy (non-hydrogen) atoms. The van der Waals surface area contributed by atoms with Crippen molar-refractivity contribution in [3.63, 3.8) is 0 Å². The Hall–Kier alpha value is -3.02. The Morgan fingerprint density at radius 3 is 2.67 bits per heavy atom. The molecule has 4 rings (SSSR count). The number of para-hydroxylation sites is 2. The Balaban J connectivity index is 1.28. The lowest BCUT2D eigenvalue weighted by Gasteiger charge is -2.29. The first-order valence-corrected chi connectivity index (χ1v) is 9.05. The number of carbonyl (C=O) groups is 1. The average molecular weight is 368 g/mol. The van der Waals surface area contributed by atoms with Crippen molar-refractivity contribution in [2.24, 2.45) is 0 Å². The van der Waals surface area contributed by atoms with E-state index in [0.29, 0.717) is 32.0 Å². The van der Waals surface area contributed by atoms with E-state index in [1.54, 1.807) is 17.0 Å². The molecule has 140 valence electrons. The topological polar surface area (TPSA) is 50.8 Å². The molecule has 0 spiro atoms. The first-order chi connectivity index (χ1) is 13.2. The zero-order valence-electron chi connectivity index (χ0n) is 14.9. The van der Waals surface area contributed by atoms with Crippen LogP contribution in [0, 0.1) is 5.82 Å². The molecule has 0 saturated carbocycles. The van der Waals surface area contributed by atoms with Crippen molar-refractivity contribution in [3.05, 3.63) is 66.0 Å². The van der Waals surface area contributed by atoms with Gasteiger partial charge in [0.2, 0.25) is 0 Å². The summed E-state index contributed by atoms with van der Waals surface area (Å²) >= 11 is 0. The maximum atomic E-state index is 13.0. The summed E-state index contributed by atoms with van der Waals surface area (Å²) in [6.07, 6.45) is 2.56. The number of hydrogen-bond donors (Lipinski definition) is 1. The fraction of sp³-hybridized carbons (Fsp3) is 0.286. The van der Waals surface area contributed by atoms with Crippen LogP contribution in [0.4, 0.5) is 9.18 Å². The Kier molecular flexibility index (Phi) is 4.96. The fourth-order valence-electron chi connectivity index (χ4n) is 3.26. The minimum absolute atomic E-state index is 0.119. The lowest BCUT2D eigenvalue weighted by Crippen LogP contribution is -2.47. The fourth-order valence-corrected chi connectivity index (χ4v) is 3.26. The van der Waals surface area contributed by atoms with E-state index < -0.39 is 0 Å². The number of amides is 2. The van der Waals surface area contributed by atoms with Gasteiger partial charge in [-0.25, -0.2) is 9.18 Å². The van der Waals surface area contributed by atoms with Gasteiger partial charge in [0.05, 0.1) is 6.54 Å². The van der Waals surface area contributed by atoms with Crippen LogP contribution in [0.15, 0.2) is 54.6 Å². The minimum atomic E-state index is -0.243. The lowest BCUT2D eigenvalue weighted by molar-refractivity contribution is 0.0903. The van der Waals surface area contributed by atoms with Crippen molar-refractivity contribution < 1.29 is 18.7 Å². The molecular weight excluding hydrogens is 347 g/mol. The molecule has 0 aliphatic carbocycles. The Morgan fingerprint density at radius 1 is 1.15 bits per heavy atom. The minimum Gasteiger partial charge on any atom is -0.486 e.